The van der Waals surface area contributed by atoms with Gasteiger partial charge < -0.3 is 26.4 Å². The van der Waals surface area contributed by atoms with E-state index in [2.05, 4.69) is 25.7 Å². The lowest BCUT2D eigenvalue weighted by Crippen LogP contribution is -2.51. The quantitative estimate of drug-likeness (QED) is 0.218. The van der Waals surface area contributed by atoms with Gasteiger partial charge in [-0.3, -0.25) is 23.5 Å². The molecule has 1 unspecified atom stereocenters. The first-order chi connectivity index (χ1) is 21.9. The molecule has 0 spiro atoms. The molecule has 4 heterocycles. The molecule has 1 fully saturated rings. The first-order valence-electron chi connectivity index (χ1n) is 14.0. The number of hydrogen-bond acceptors (Lipinski definition) is 9. The average molecular weight is 641 g/mol. The number of nitriles is 1. The third-order valence-corrected chi connectivity index (χ3v) is 7.27. The van der Waals surface area contributed by atoms with Crippen LogP contribution in [0.2, 0.25) is 0 Å². The zero-order chi connectivity index (χ0) is 33.6. The number of amides is 2. The summed E-state index contributed by atoms with van der Waals surface area (Å²) in [7, 11) is 0. The lowest BCUT2D eigenvalue weighted by molar-refractivity contribution is -0.141. The van der Waals surface area contributed by atoms with E-state index in [1.165, 1.54) is 23.0 Å². The molecule has 14 nitrogen and oxygen atoms in total. The standard InChI is InChI=1S/C28H29F3N10O2.CH2O2/c1-16-13-19(3-4-20(16)26(42)36-17(2)27(43)39-9-5-18(33)6-10-39)37-24-25-35-14-22(41(25)12-8-34-24)21-15-40(11-7-32)38-23(21)28(29,30)31;2-1-3/h3-4,8,12-15,17-18H,5-6,9-11,33H2,1-2H3,(H,34,37)(H,36,42);1H,(H,2,3). The van der Waals surface area contributed by atoms with Crippen LogP contribution in [0.25, 0.3) is 16.9 Å². The molecule has 5 N–H and O–H groups in total. The molecule has 4 aromatic rings. The number of nitrogens with zero attached hydrogens (tertiary/aromatic N) is 7. The van der Waals surface area contributed by atoms with Crippen LogP contribution in [0.5, 0.6) is 0 Å². The van der Waals surface area contributed by atoms with E-state index in [4.69, 9.17) is 20.9 Å². The maximum Gasteiger partial charge on any atom is 0.435 e. The van der Waals surface area contributed by atoms with Crippen molar-refractivity contribution >= 4 is 35.4 Å². The second-order valence-electron chi connectivity index (χ2n) is 10.5. The Bertz CT molecular complexity index is 1770. The Morgan fingerprint density at radius 3 is 2.59 bits per heavy atom. The van der Waals surface area contributed by atoms with Crippen molar-refractivity contribution in [1.82, 2.24) is 34.4 Å². The van der Waals surface area contributed by atoms with E-state index < -0.39 is 23.8 Å². The Hall–Kier alpha value is -5.50. The van der Waals surface area contributed by atoms with Crippen LogP contribution in [0.1, 0.15) is 41.4 Å². The predicted octanol–water partition coefficient (Wildman–Crippen LogP) is 2.96. The fraction of sp³-hybridized carbons (Fsp3) is 0.345. The molecule has 1 atom stereocenters. The van der Waals surface area contributed by atoms with E-state index in [-0.39, 0.29) is 47.7 Å². The van der Waals surface area contributed by atoms with Crippen LogP contribution < -0.4 is 16.4 Å². The Morgan fingerprint density at radius 2 is 1.96 bits per heavy atom. The van der Waals surface area contributed by atoms with Gasteiger partial charge in [-0.05, 0) is 50.5 Å². The fourth-order valence-electron chi connectivity index (χ4n) is 5.04. The Morgan fingerprint density at radius 1 is 1.26 bits per heavy atom. The maximum atomic E-state index is 13.7. The number of halogens is 3. The number of likely N-dealkylation sites (tertiary alicyclic amines) is 1. The van der Waals surface area contributed by atoms with Gasteiger partial charge in [-0.25, -0.2) is 9.97 Å². The topological polar surface area (TPSA) is 197 Å². The van der Waals surface area contributed by atoms with Crippen molar-refractivity contribution in [2.45, 2.75) is 51.5 Å². The number of rotatable bonds is 7. The van der Waals surface area contributed by atoms with E-state index in [1.807, 2.05) is 0 Å². The third kappa shape index (κ3) is 7.41. The van der Waals surface area contributed by atoms with Crippen LogP contribution in [0.3, 0.4) is 0 Å². The van der Waals surface area contributed by atoms with Crippen molar-refractivity contribution in [2.75, 3.05) is 18.4 Å². The number of aryl methyl sites for hydroxylation is 1. The summed E-state index contributed by atoms with van der Waals surface area (Å²) in [6, 6.07) is 6.15. The van der Waals surface area contributed by atoms with Gasteiger partial charge in [0, 0.05) is 49.0 Å². The molecule has 1 aromatic carbocycles. The first-order valence-corrected chi connectivity index (χ1v) is 14.0. The summed E-state index contributed by atoms with van der Waals surface area (Å²) in [6.45, 7) is 3.93. The van der Waals surface area contributed by atoms with Gasteiger partial charge in [-0.1, -0.05) is 0 Å². The number of aromatic nitrogens is 5. The largest absolute Gasteiger partial charge is 0.483 e. The van der Waals surface area contributed by atoms with E-state index in [0.717, 1.165) is 23.7 Å². The van der Waals surface area contributed by atoms with E-state index in [1.54, 1.807) is 43.0 Å². The van der Waals surface area contributed by atoms with Crippen molar-refractivity contribution in [3.63, 3.8) is 0 Å². The van der Waals surface area contributed by atoms with E-state index >= 15 is 0 Å². The second-order valence-corrected chi connectivity index (χ2v) is 10.5. The lowest BCUT2D eigenvalue weighted by atomic mass is 10.0. The van der Waals surface area contributed by atoms with Crippen molar-refractivity contribution in [3.8, 4) is 17.3 Å². The number of nitrogens with two attached hydrogens (primary N) is 1. The smallest absolute Gasteiger partial charge is 0.435 e. The van der Waals surface area contributed by atoms with Gasteiger partial charge in [0.2, 0.25) is 5.91 Å². The van der Waals surface area contributed by atoms with Crippen molar-refractivity contribution in [2.24, 2.45) is 5.73 Å². The number of fused-ring (bicyclic) bond motifs is 1. The minimum absolute atomic E-state index is 0.0870. The van der Waals surface area contributed by atoms with Crippen LogP contribution >= 0.6 is 0 Å². The molecule has 5 rings (SSSR count). The zero-order valence-electron chi connectivity index (χ0n) is 24.8. The number of alkyl halides is 3. The van der Waals surface area contributed by atoms with Crippen LogP contribution in [-0.4, -0.2) is 77.6 Å². The Balaban J connectivity index is 0.00000154. The fourth-order valence-corrected chi connectivity index (χ4v) is 5.04. The number of carboxylic acid groups (broad SMARTS) is 1. The molecule has 1 aliphatic heterocycles. The summed E-state index contributed by atoms with van der Waals surface area (Å²) >= 11 is 0. The van der Waals surface area contributed by atoms with Crippen LogP contribution in [0, 0.1) is 18.3 Å². The minimum Gasteiger partial charge on any atom is -0.483 e. The predicted molar refractivity (Wildman–Crippen MR) is 159 cm³/mol. The van der Waals surface area contributed by atoms with Gasteiger partial charge in [-0.2, -0.15) is 23.5 Å². The van der Waals surface area contributed by atoms with E-state index in [9.17, 15) is 22.8 Å². The number of imidazole rings is 1. The maximum absolute atomic E-state index is 13.7. The van der Waals surface area contributed by atoms with Crippen molar-refractivity contribution < 1.29 is 32.7 Å². The van der Waals surface area contributed by atoms with Gasteiger partial charge in [0.05, 0.1) is 23.5 Å². The van der Waals surface area contributed by atoms with Crippen molar-refractivity contribution in [3.05, 3.63) is 59.8 Å². The van der Waals surface area contributed by atoms with Crippen LogP contribution in [0.15, 0.2) is 43.0 Å². The molecular formula is C29H31F3N10O4. The van der Waals surface area contributed by atoms with Gasteiger partial charge >= 0.3 is 6.18 Å². The molecule has 3 aromatic heterocycles. The summed E-state index contributed by atoms with van der Waals surface area (Å²) in [5.41, 5.74) is 6.51. The highest BCUT2D eigenvalue weighted by Gasteiger charge is 2.38. The first kappa shape index (κ1) is 33.4. The second kappa shape index (κ2) is 14.1. The Kier molecular flexibility index (Phi) is 10.2. The molecule has 242 valence electrons. The molecule has 0 saturated carbocycles. The third-order valence-electron chi connectivity index (χ3n) is 7.27. The van der Waals surface area contributed by atoms with Crippen molar-refractivity contribution in [1.29, 1.82) is 5.26 Å². The molecule has 1 saturated heterocycles. The molecule has 17 heteroatoms. The number of hydrogen-bond donors (Lipinski definition) is 4. The summed E-state index contributed by atoms with van der Waals surface area (Å²) in [5.74, 6) is -0.285. The molecule has 0 aliphatic carbocycles. The monoisotopic (exact) mass is 640 g/mol. The highest BCUT2D eigenvalue weighted by molar-refractivity contribution is 5.99. The summed E-state index contributed by atoms with van der Waals surface area (Å²) in [6.07, 6.45) is 2.04. The highest BCUT2D eigenvalue weighted by Crippen LogP contribution is 2.37. The molecule has 0 bridgehead atoms. The minimum atomic E-state index is -4.74. The highest BCUT2D eigenvalue weighted by atomic mass is 19.4. The Labute approximate surface area is 260 Å². The number of benzene rings is 1. The lowest BCUT2D eigenvalue weighted by Gasteiger charge is -2.32. The molecule has 46 heavy (non-hydrogen) atoms. The summed E-state index contributed by atoms with van der Waals surface area (Å²) < 4.78 is 43.6. The number of carbonyl (C=O) groups excluding carboxylic acids is 2. The molecule has 2 amide bonds. The summed E-state index contributed by atoms with van der Waals surface area (Å²) in [4.78, 5) is 44.4. The zero-order valence-corrected chi connectivity index (χ0v) is 24.8. The van der Waals surface area contributed by atoms with Gasteiger partial charge in [0.15, 0.2) is 17.2 Å². The number of piperidine rings is 1. The number of anilines is 2. The van der Waals surface area contributed by atoms with Gasteiger partial charge in [-0.15, -0.1) is 0 Å². The molecular weight excluding hydrogens is 609 g/mol. The number of nitrogens with one attached hydrogen (secondary N) is 2. The normalized spacial score (nSPS) is 14.2. The average Bonchev–Trinajstić information content (AvgIpc) is 3.63. The van der Waals surface area contributed by atoms with Gasteiger partial charge in [0.1, 0.15) is 12.6 Å². The molecule has 0 radical (unpaired) electrons. The molecule has 1 aliphatic rings. The van der Waals surface area contributed by atoms with Crippen LogP contribution in [-0.2, 0) is 22.3 Å². The van der Waals surface area contributed by atoms with E-state index in [0.29, 0.717) is 29.9 Å². The summed E-state index contributed by atoms with van der Waals surface area (Å²) in [5, 5.41) is 25.2. The van der Waals surface area contributed by atoms with Gasteiger partial charge in [0.25, 0.3) is 12.4 Å². The SMILES string of the molecule is Cc1cc(Nc2nccn3c(-c4cn(CC#N)nc4C(F)(F)F)cnc23)ccc1C(=O)NC(C)C(=O)N1CCC(N)CC1.O=CO. The van der Waals surface area contributed by atoms with Crippen LogP contribution in [0.4, 0.5) is 24.7 Å². The number of carbonyl (C=O) groups is 3.